The van der Waals surface area contributed by atoms with Crippen LogP contribution < -0.4 is 11.1 Å². The molecule has 3 heteroatoms. The predicted octanol–water partition coefficient (Wildman–Crippen LogP) is 0.0627. The van der Waals surface area contributed by atoms with Crippen LogP contribution in [-0.2, 0) is 0 Å². The van der Waals surface area contributed by atoms with E-state index in [-0.39, 0.29) is 6.04 Å². The van der Waals surface area contributed by atoms with Gasteiger partial charge in [-0.1, -0.05) is 12.2 Å². The SMILES string of the molecule is NC1C=CC(N2CCNCC2)=CC1. The number of rotatable bonds is 1. The molecule has 72 valence electrons. The first-order chi connectivity index (χ1) is 6.36. The number of nitrogens with one attached hydrogen (secondary N) is 1. The van der Waals surface area contributed by atoms with Gasteiger partial charge in [0.25, 0.3) is 0 Å². The van der Waals surface area contributed by atoms with E-state index in [0.29, 0.717) is 0 Å². The molecule has 1 unspecified atom stereocenters. The summed E-state index contributed by atoms with van der Waals surface area (Å²) in [5.74, 6) is 0. The van der Waals surface area contributed by atoms with Crippen LogP contribution in [-0.4, -0.2) is 37.1 Å². The van der Waals surface area contributed by atoms with Crippen molar-refractivity contribution in [2.75, 3.05) is 26.2 Å². The minimum absolute atomic E-state index is 0.228. The minimum Gasteiger partial charge on any atom is -0.369 e. The zero-order valence-electron chi connectivity index (χ0n) is 7.87. The van der Waals surface area contributed by atoms with Crippen LogP contribution in [0, 0.1) is 0 Å². The summed E-state index contributed by atoms with van der Waals surface area (Å²) in [6.45, 7) is 4.42. The van der Waals surface area contributed by atoms with Crippen molar-refractivity contribution >= 4 is 0 Å². The number of hydrogen-bond acceptors (Lipinski definition) is 3. The maximum atomic E-state index is 5.76. The van der Waals surface area contributed by atoms with E-state index in [1.54, 1.807) is 0 Å². The second-order valence-electron chi connectivity index (χ2n) is 3.62. The average molecular weight is 179 g/mol. The lowest BCUT2D eigenvalue weighted by Gasteiger charge is -2.31. The fourth-order valence-electron chi connectivity index (χ4n) is 1.78. The molecule has 3 N–H and O–H groups in total. The fraction of sp³-hybridized carbons (Fsp3) is 0.600. The molecule has 1 aliphatic heterocycles. The second kappa shape index (κ2) is 3.94. The summed E-state index contributed by atoms with van der Waals surface area (Å²) >= 11 is 0. The van der Waals surface area contributed by atoms with Crippen LogP contribution in [0.1, 0.15) is 6.42 Å². The topological polar surface area (TPSA) is 41.3 Å². The molecule has 2 aliphatic rings. The molecule has 2 rings (SSSR count). The van der Waals surface area contributed by atoms with Crippen molar-refractivity contribution in [2.45, 2.75) is 12.5 Å². The highest BCUT2D eigenvalue weighted by molar-refractivity contribution is 5.24. The molecule has 3 nitrogen and oxygen atoms in total. The van der Waals surface area contributed by atoms with Crippen LogP contribution in [0.15, 0.2) is 23.9 Å². The summed E-state index contributed by atoms with van der Waals surface area (Å²) in [5.41, 5.74) is 7.11. The predicted molar refractivity (Wildman–Crippen MR) is 54.3 cm³/mol. The van der Waals surface area contributed by atoms with Gasteiger partial charge >= 0.3 is 0 Å². The van der Waals surface area contributed by atoms with E-state index in [9.17, 15) is 0 Å². The Balaban J connectivity index is 1.96. The molecule has 1 aliphatic carbocycles. The molecule has 1 heterocycles. The van der Waals surface area contributed by atoms with E-state index in [1.807, 2.05) is 0 Å². The minimum atomic E-state index is 0.228. The molecule has 0 aromatic rings. The van der Waals surface area contributed by atoms with Gasteiger partial charge in [0, 0.05) is 37.9 Å². The Labute approximate surface area is 79.3 Å². The Morgan fingerprint density at radius 1 is 1.38 bits per heavy atom. The van der Waals surface area contributed by atoms with E-state index < -0.39 is 0 Å². The lowest BCUT2D eigenvalue weighted by molar-refractivity contribution is 0.305. The van der Waals surface area contributed by atoms with E-state index in [2.05, 4.69) is 28.4 Å². The van der Waals surface area contributed by atoms with Gasteiger partial charge in [0.05, 0.1) is 0 Å². The van der Waals surface area contributed by atoms with Crippen molar-refractivity contribution in [1.82, 2.24) is 10.2 Å². The molecular weight excluding hydrogens is 162 g/mol. The van der Waals surface area contributed by atoms with Crippen LogP contribution in [0.3, 0.4) is 0 Å². The van der Waals surface area contributed by atoms with Crippen molar-refractivity contribution in [2.24, 2.45) is 5.73 Å². The second-order valence-corrected chi connectivity index (χ2v) is 3.62. The third-order valence-corrected chi connectivity index (χ3v) is 2.60. The largest absolute Gasteiger partial charge is 0.369 e. The molecule has 0 aromatic carbocycles. The molecule has 13 heavy (non-hydrogen) atoms. The summed E-state index contributed by atoms with van der Waals surface area (Å²) in [5, 5.41) is 3.34. The highest BCUT2D eigenvalue weighted by Crippen LogP contribution is 2.14. The maximum Gasteiger partial charge on any atom is 0.0324 e. The van der Waals surface area contributed by atoms with Gasteiger partial charge in [-0.05, 0) is 12.5 Å². The van der Waals surface area contributed by atoms with E-state index in [1.165, 1.54) is 5.70 Å². The number of nitrogens with zero attached hydrogens (tertiary/aromatic N) is 1. The Kier molecular flexibility index (Phi) is 2.66. The lowest BCUT2D eigenvalue weighted by Crippen LogP contribution is -2.43. The smallest absolute Gasteiger partial charge is 0.0324 e. The van der Waals surface area contributed by atoms with E-state index in [0.717, 1.165) is 32.6 Å². The van der Waals surface area contributed by atoms with Crippen LogP contribution >= 0.6 is 0 Å². The average Bonchev–Trinajstić information content (AvgIpc) is 2.20. The number of nitrogens with two attached hydrogens (primary N) is 1. The molecule has 0 amide bonds. The van der Waals surface area contributed by atoms with Gasteiger partial charge in [-0.3, -0.25) is 0 Å². The number of piperazine rings is 1. The molecule has 1 atom stereocenters. The van der Waals surface area contributed by atoms with Crippen molar-refractivity contribution in [3.05, 3.63) is 23.9 Å². The zero-order valence-corrected chi connectivity index (χ0v) is 7.87. The standard InChI is InChI=1S/C10H17N3/c11-9-1-3-10(4-2-9)13-7-5-12-6-8-13/h1,3-4,9,12H,2,5-8,11H2. The van der Waals surface area contributed by atoms with Gasteiger partial charge in [-0.15, -0.1) is 0 Å². The first-order valence-electron chi connectivity index (χ1n) is 4.96. The van der Waals surface area contributed by atoms with Crippen molar-refractivity contribution in [3.63, 3.8) is 0 Å². The summed E-state index contributed by atoms with van der Waals surface area (Å²) in [6, 6.07) is 0.228. The monoisotopic (exact) mass is 179 g/mol. The first kappa shape index (κ1) is 8.78. The molecule has 0 aromatic heterocycles. The highest BCUT2D eigenvalue weighted by atomic mass is 15.2. The molecule has 1 saturated heterocycles. The van der Waals surface area contributed by atoms with E-state index in [4.69, 9.17) is 5.73 Å². The number of allylic oxidation sites excluding steroid dienone is 1. The third kappa shape index (κ3) is 2.11. The molecule has 0 radical (unpaired) electrons. The summed E-state index contributed by atoms with van der Waals surface area (Å²) in [6.07, 6.45) is 7.47. The maximum absolute atomic E-state index is 5.76. The van der Waals surface area contributed by atoms with Gasteiger partial charge in [0.1, 0.15) is 0 Å². The highest BCUT2D eigenvalue weighted by Gasteiger charge is 2.13. The van der Waals surface area contributed by atoms with Crippen molar-refractivity contribution in [1.29, 1.82) is 0 Å². The quantitative estimate of drug-likeness (QED) is 0.598. The molecule has 1 fully saturated rings. The Morgan fingerprint density at radius 3 is 2.77 bits per heavy atom. The summed E-state index contributed by atoms with van der Waals surface area (Å²) < 4.78 is 0. The van der Waals surface area contributed by atoms with Gasteiger partial charge < -0.3 is 16.0 Å². The first-order valence-corrected chi connectivity index (χ1v) is 4.96. The Morgan fingerprint density at radius 2 is 2.15 bits per heavy atom. The van der Waals surface area contributed by atoms with Crippen molar-refractivity contribution < 1.29 is 0 Å². The summed E-state index contributed by atoms with van der Waals surface area (Å²) in [7, 11) is 0. The van der Waals surface area contributed by atoms with Crippen LogP contribution in [0.2, 0.25) is 0 Å². The van der Waals surface area contributed by atoms with Gasteiger partial charge in [0.2, 0.25) is 0 Å². The lowest BCUT2D eigenvalue weighted by atomic mass is 10.1. The molecule has 0 saturated carbocycles. The number of hydrogen-bond donors (Lipinski definition) is 2. The Bertz CT molecular complexity index is 226. The molecule has 0 spiro atoms. The normalized spacial score (nSPS) is 28.8. The van der Waals surface area contributed by atoms with Crippen LogP contribution in [0.25, 0.3) is 0 Å². The van der Waals surface area contributed by atoms with Crippen molar-refractivity contribution in [3.8, 4) is 0 Å². The molecular formula is C10H17N3. The van der Waals surface area contributed by atoms with E-state index >= 15 is 0 Å². The van der Waals surface area contributed by atoms with Gasteiger partial charge in [-0.2, -0.15) is 0 Å². The fourth-order valence-corrected chi connectivity index (χ4v) is 1.78. The third-order valence-electron chi connectivity index (χ3n) is 2.60. The van der Waals surface area contributed by atoms with Crippen LogP contribution in [0.5, 0.6) is 0 Å². The summed E-state index contributed by atoms with van der Waals surface area (Å²) in [4.78, 5) is 2.42. The van der Waals surface area contributed by atoms with Gasteiger partial charge in [-0.25, -0.2) is 0 Å². The zero-order chi connectivity index (χ0) is 9.10. The Hall–Kier alpha value is -0.800. The molecule has 0 bridgehead atoms. The van der Waals surface area contributed by atoms with Gasteiger partial charge in [0.15, 0.2) is 0 Å². The van der Waals surface area contributed by atoms with Crippen LogP contribution in [0.4, 0.5) is 0 Å².